The van der Waals surface area contributed by atoms with Crippen LogP contribution in [0.15, 0.2) is 22.7 Å². The summed E-state index contributed by atoms with van der Waals surface area (Å²) >= 11 is 3.84. The Morgan fingerprint density at radius 2 is 0.960 bits per heavy atom. The van der Waals surface area contributed by atoms with Gasteiger partial charge in [-0.2, -0.15) is 0 Å². The molecule has 0 heterocycles. The molecule has 0 saturated heterocycles. The van der Waals surface area contributed by atoms with Gasteiger partial charge in [0.15, 0.2) is 0 Å². The Bertz CT molecular complexity index is 668. The highest BCUT2D eigenvalue weighted by Gasteiger charge is 2.73. The SMILES string of the molecule is CC(C)(C)C12CC(c3cc(Br)cc(C45CC(C(C)(C)C)(C4)C5)c3)(C1)C2. The lowest BCUT2D eigenvalue weighted by Gasteiger charge is -2.77. The van der Waals surface area contributed by atoms with E-state index in [2.05, 4.69) is 75.7 Å². The predicted molar refractivity (Wildman–Crippen MR) is 109 cm³/mol. The van der Waals surface area contributed by atoms with Gasteiger partial charge in [0.2, 0.25) is 0 Å². The second-order valence-corrected chi connectivity index (χ2v) is 13.3. The molecule has 6 fully saturated rings. The van der Waals surface area contributed by atoms with Crippen molar-refractivity contribution in [1.29, 1.82) is 0 Å². The van der Waals surface area contributed by atoms with E-state index in [1.165, 1.54) is 43.0 Å². The zero-order valence-corrected chi connectivity index (χ0v) is 18.4. The van der Waals surface area contributed by atoms with Crippen molar-refractivity contribution in [3.63, 3.8) is 0 Å². The summed E-state index contributed by atoms with van der Waals surface area (Å²) in [5.41, 5.74) is 6.49. The van der Waals surface area contributed by atoms with Crippen molar-refractivity contribution in [3.05, 3.63) is 33.8 Å². The average Bonchev–Trinajstić information content (AvgIpc) is 2.14. The molecule has 0 radical (unpaired) electrons. The molecule has 6 aliphatic carbocycles. The van der Waals surface area contributed by atoms with Crippen molar-refractivity contribution in [3.8, 4) is 0 Å². The van der Waals surface area contributed by atoms with E-state index in [9.17, 15) is 0 Å². The zero-order valence-electron chi connectivity index (χ0n) is 16.9. The topological polar surface area (TPSA) is 0 Å². The van der Waals surface area contributed by atoms with Gasteiger partial charge in [0.1, 0.15) is 0 Å². The highest BCUT2D eigenvalue weighted by Crippen LogP contribution is 2.81. The van der Waals surface area contributed by atoms with E-state index in [1.54, 1.807) is 11.1 Å². The largest absolute Gasteiger partial charge is 0.0596 e. The van der Waals surface area contributed by atoms with E-state index in [0.717, 1.165) is 0 Å². The maximum atomic E-state index is 3.84. The summed E-state index contributed by atoms with van der Waals surface area (Å²) in [6, 6.07) is 7.47. The van der Waals surface area contributed by atoms with Gasteiger partial charge in [0.05, 0.1) is 0 Å². The summed E-state index contributed by atoms with van der Waals surface area (Å²) in [4.78, 5) is 0. The Morgan fingerprint density at radius 3 is 1.24 bits per heavy atom. The molecule has 1 heteroatoms. The van der Waals surface area contributed by atoms with Gasteiger partial charge in [-0.05, 0) is 94.3 Å². The van der Waals surface area contributed by atoms with Crippen LogP contribution in [0.3, 0.4) is 0 Å². The maximum Gasteiger partial charge on any atom is 0.0181 e. The minimum atomic E-state index is 0.469. The predicted octanol–water partition coefficient (Wildman–Crippen LogP) is 7.38. The minimum Gasteiger partial charge on any atom is -0.0596 e. The Labute approximate surface area is 162 Å². The lowest BCUT2D eigenvalue weighted by molar-refractivity contribution is -0.211. The smallest absolute Gasteiger partial charge is 0.0181 e. The second kappa shape index (κ2) is 4.23. The van der Waals surface area contributed by atoms with Gasteiger partial charge < -0.3 is 0 Å². The molecule has 6 saturated carbocycles. The minimum absolute atomic E-state index is 0.469. The van der Waals surface area contributed by atoms with Gasteiger partial charge >= 0.3 is 0 Å². The first kappa shape index (κ1) is 16.8. The molecule has 0 N–H and O–H groups in total. The van der Waals surface area contributed by atoms with Crippen LogP contribution in [0.4, 0.5) is 0 Å². The molecule has 6 aliphatic rings. The van der Waals surface area contributed by atoms with Crippen LogP contribution in [0.25, 0.3) is 0 Å². The molecule has 0 nitrogen and oxygen atoms in total. The lowest BCUT2D eigenvalue weighted by Crippen LogP contribution is -2.70. The van der Waals surface area contributed by atoms with E-state index >= 15 is 0 Å². The van der Waals surface area contributed by atoms with Gasteiger partial charge in [-0.3, -0.25) is 0 Å². The van der Waals surface area contributed by atoms with E-state index < -0.39 is 0 Å². The summed E-state index contributed by atoms with van der Waals surface area (Å²) < 4.78 is 1.31. The maximum absolute atomic E-state index is 3.84. The number of benzene rings is 1. The second-order valence-electron chi connectivity index (χ2n) is 12.4. The van der Waals surface area contributed by atoms with Crippen LogP contribution in [-0.4, -0.2) is 0 Å². The van der Waals surface area contributed by atoms with Crippen molar-refractivity contribution >= 4 is 15.9 Å². The summed E-state index contributed by atoms with van der Waals surface area (Å²) in [6.07, 6.45) is 8.49. The number of hydrogen-bond acceptors (Lipinski definition) is 0. The first-order valence-corrected chi connectivity index (χ1v) is 11.0. The fraction of sp³-hybridized carbons (Fsp3) is 0.750. The Balaban J connectivity index is 1.40. The number of halogens is 1. The van der Waals surface area contributed by atoms with Crippen LogP contribution in [0.1, 0.15) is 91.2 Å². The molecule has 25 heavy (non-hydrogen) atoms. The van der Waals surface area contributed by atoms with Crippen LogP contribution in [0, 0.1) is 21.7 Å². The molecule has 0 spiro atoms. The fourth-order valence-electron chi connectivity index (χ4n) is 6.98. The Hall–Kier alpha value is -0.300. The number of rotatable bonds is 2. The molecule has 1 aromatic carbocycles. The van der Waals surface area contributed by atoms with E-state index in [-0.39, 0.29) is 0 Å². The average molecular weight is 401 g/mol. The lowest BCUT2D eigenvalue weighted by atomic mass is 9.27. The third-order valence-electron chi connectivity index (χ3n) is 9.37. The molecule has 0 amide bonds. The fourth-order valence-corrected chi connectivity index (χ4v) is 7.47. The molecular weight excluding hydrogens is 368 g/mol. The third-order valence-corrected chi connectivity index (χ3v) is 9.82. The standard InChI is InChI=1S/C24H33Br/c1-19(2,3)23-10-21(11-23,12-23)16-7-17(9-18(25)8-16)22-13-24(14-22,15-22)20(4,5)6/h7-9H,10-15H2,1-6H3. The van der Waals surface area contributed by atoms with Gasteiger partial charge in [-0.15, -0.1) is 0 Å². The zero-order chi connectivity index (χ0) is 18.1. The van der Waals surface area contributed by atoms with Gasteiger partial charge in [-0.25, -0.2) is 0 Å². The van der Waals surface area contributed by atoms with Crippen molar-refractivity contribution in [2.45, 2.75) is 90.9 Å². The summed E-state index contributed by atoms with van der Waals surface area (Å²) in [7, 11) is 0. The molecular formula is C24H33Br. The van der Waals surface area contributed by atoms with Crippen molar-refractivity contribution in [2.24, 2.45) is 21.7 Å². The summed E-state index contributed by atoms with van der Waals surface area (Å²) in [6.45, 7) is 14.6. The van der Waals surface area contributed by atoms with Crippen molar-refractivity contribution in [2.75, 3.05) is 0 Å². The van der Waals surface area contributed by atoms with Crippen LogP contribution in [-0.2, 0) is 10.8 Å². The molecule has 0 unspecified atom stereocenters. The van der Waals surface area contributed by atoms with Gasteiger partial charge in [0.25, 0.3) is 0 Å². The normalized spacial score (nSPS) is 44.3. The Kier molecular flexibility index (Phi) is 2.85. The van der Waals surface area contributed by atoms with Crippen LogP contribution in [0.5, 0.6) is 0 Å². The van der Waals surface area contributed by atoms with Crippen LogP contribution < -0.4 is 0 Å². The van der Waals surface area contributed by atoms with E-state index in [4.69, 9.17) is 0 Å². The molecule has 7 rings (SSSR count). The van der Waals surface area contributed by atoms with E-state index in [1.807, 2.05) is 0 Å². The molecule has 0 aliphatic heterocycles. The summed E-state index contributed by atoms with van der Waals surface area (Å²) in [5, 5.41) is 0. The first-order valence-electron chi connectivity index (χ1n) is 10.2. The monoisotopic (exact) mass is 400 g/mol. The van der Waals surface area contributed by atoms with Gasteiger partial charge in [-0.1, -0.05) is 63.5 Å². The molecule has 0 aromatic heterocycles. The quantitative estimate of drug-likeness (QED) is 0.485. The summed E-state index contributed by atoms with van der Waals surface area (Å²) in [5.74, 6) is 0. The van der Waals surface area contributed by atoms with Gasteiger partial charge in [0, 0.05) is 4.47 Å². The van der Waals surface area contributed by atoms with Crippen molar-refractivity contribution in [1.82, 2.24) is 0 Å². The molecule has 1 aromatic rings. The molecule has 0 atom stereocenters. The van der Waals surface area contributed by atoms with E-state index in [0.29, 0.717) is 32.5 Å². The number of hydrogen-bond donors (Lipinski definition) is 0. The molecule has 4 bridgehead atoms. The Morgan fingerprint density at radius 1 is 0.640 bits per heavy atom. The highest BCUT2D eigenvalue weighted by molar-refractivity contribution is 9.10. The first-order chi connectivity index (χ1) is 11.3. The highest BCUT2D eigenvalue weighted by atomic mass is 79.9. The molecule has 136 valence electrons. The van der Waals surface area contributed by atoms with Crippen molar-refractivity contribution < 1.29 is 0 Å². The van der Waals surface area contributed by atoms with Crippen LogP contribution in [0.2, 0.25) is 0 Å². The third kappa shape index (κ3) is 1.85. The van der Waals surface area contributed by atoms with Crippen LogP contribution >= 0.6 is 15.9 Å².